The molecule has 6 aliphatic rings. The van der Waals surface area contributed by atoms with E-state index < -0.39 is 34.6 Å². The third-order valence-electron chi connectivity index (χ3n) is 9.55. The number of carbonyl (C=O) groups is 3. The van der Waals surface area contributed by atoms with Crippen LogP contribution in [0.4, 0.5) is 0 Å². The minimum absolute atomic E-state index is 0.000610. The topological polar surface area (TPSA) is 124 Å². The molecule has 2 aromatic rings. The summed E-state index contributed by atoms with van der Waals surface area (Å²) < 4.78 is 29.3. The largest absolute Gasteiger partial charge is 0.504 e. The first-order valence-corrected chi connectivity index (χ1v) is 15.4. The van der Waals surface area contributed by atoms with Gasteiger partial charge in [-0.05, 0) is 45.4 Å². The van der Waals surface area contributed by atoms with Crippen molar-refractivity contribution in [3.05, 3.63) is 39.4 Å². The van der Waals surface area contributed by atoms with Crippen molar-refractivity contribution in [2.75, 3.05) is 39.9 Å². The summed E-state index contributed by atoms with van der Waals surface area (Å²) in [5.74, 6) is -0.198. The summed E-state index contributed by atoms with van der Waals surface area (Å²) >= 11 is 1.32. The number of esters is 2. The van der Waals surface area contributed by atoms with E-state index in [1.165, 1.54) is 18.7 Å². The molecule has 4 bridgehead atoms. The van der Waals surface area contributed by atoms with Gasteiger partial charge in [0.15, 0.2) is 23.0 Å². The highest BCUT2D eigenvalue weighted by Gasteiger charge is 2.61. The van der Waals surface area contributed by atoms with Gasteiger partial charge in [0.25, 0.3) is 0 Å². The fourth-order valence-electron chi connectivity index (χ4n) is 8.24. The Kier molecular flexibility index (Phi) is 6.43. The number of fused-ring (bicyclic) bond motifs is 6. The second-order valence-corrected chi connectivity index (χ2v) is 13.4. The average Bonchev–Trinajstić information content (AvgIpc) is 3.36. The monoisotopic (exact) mass is 610 g/mol. The summed E-state index contributed by atoms with van der Waals surface area (Å²) in [4.78, 5) is 42.9. The van der Waals surface area contributed by atoms with Crippen molar-refractivity contribution in [3.63, 3.8) is 0 Å². The Bertz CT molecular complexity index is 1610. The number of phenols is 1. The highest BCUT2D eigenvalue weighted by Crippen LogP contribution is 2.65. The van der Waals surface area contributed by atoms with Crippen LogP contribution in [0.1, 0.15) is 64.6 Å². The summed E-state index contributed by atoms with van der Waals surface area (Å²) in [6.07, 6.45) is 0.608. The van der Waals surface area contributed by atoms with Crippen LogP contribution in [-0.2, 0) is 25.5 Å². The lowest BCUT2D eigenvalue weighted by Crippen LogP contribution is -2.68. The predicted octanol–water partition coefficient (Wildman–Crippen LogP) is 3.30. The van der Waals surface area contributed by atoms with Gasteiger partial charge >= 0.3 is 11.9 Å². The minimum Gasteiger partial charge on any atom is -0.504 e. The first kappa shape index (κ1) is 28.3. The highest BCUT2D eigenvalue weighted by atomic mass is 32.2. The predicted molar refractivity (Wildman–Crippen MR) is 155 cm³/mol. The third kappa shape index (κ3) is 3.92. The molecule has 43 heavy (non-hydrogen) atoms. The maximum Gasteiger partial charge on any atom is 0.375 e. The lowest BCUT2D eigenvalue weighted by molar-refractivity contribution is -0.158. The zero-order valence-electron chi connectivity index (χ0n) is 24.9. The van der Waals surface area contributed by atoms with Gasteiger partial charge in [0, 0.05) is 47.3 Å². The molecule has 1 N–H and O–H groups in total. The maximum absolute atomic E-state index is 12.9. The molecular weight excluding hydrogens is 576 g/mol. The molecule has 0 aromatic heterocycles. The molecule has 2 fully saturated rings. The summed E-state index contributed by atoms with van der Waals surface area (Å²) in [7, 11) is 3.59. The number of likely N-dealkylation sites (N-methyl/N-ethyl adjacent to an activating group) is 1. The van der Waals surface area contributed by atoms with Crippen molar-refractivity contribution in [1.82, 2.24) is 9.80 Å². The number of rotatable bonds is 2. The first-order chi connectivity index (χ1) is 20.5. The number of piperazine rings is 1. The van der Waals surface area contributed by atoms with Crippen molar-refractivity contribution >= 4 is 29.5 Å². The number of aryl methyl sites for hydroxylation is 1. The van der Waals surface area contributed by atoms with Gasteiger partial charge in [0.2, 0.25) is 12.6 Å². The van der Waals surface area contributed by atoms with E-state index in [0.717, 1.165) is 27.8 Å². The Morgan fingerprint density at radius 1 is 1.12 bits per heavy atom. The number of methoxy groups -OCH3 is 1. The fourth-order valence-corrected chi connectivity index (χ4v) is 9.57. The molecule has 0 aliphatic carbocycles. The quantitative estimate of drug-likeness (QED) is 0.305. The Balaban J connectivity index is 1.57. The molecule has 12 heteroatoms. The van der Waals surface area contributed by atoms with Gasteiger partial charge < -0.3 is 28.8 Å². The van der Waals surface area contributed by atoms with E-state index in [4.69, 9.17) is 23.7 Å². The van der Waals surface area contributed by atoms with Crippen LogP contribution in [0.25, 0.3) is 0 Å². The molecule has 8 rings (SSSR count). The number of phenolic OH excluding ortho intramolecular Hbond substituents is 1. The van der Waals surface area contributed by atoms with Crippen LogP contribution in [-0.4, -0.2) is 84.1 Å². The summed E-state index contributed by atoms with van der Waals surface area (Å²) in [6, 6.07) is 0.864. The third-order valence-corrected chi connectivity index (χ3v) is 10.8. The number of carbonyl (C=O) groups excluding carboxylic acids is 3. The molecule has 0 amide bonds. The second-order valence-electron chi connectivity index (χ2n) is 12.3. The van der Waals surface area contributed by atoms with Crippen LogP contribution in [0.3, 0.4) is 0 Å². The molecule has 11 nitrogen and oxygen atoms in total. The SMILES string of the molecule is COc1c(C)cc2c(c1O)C1[C@@H]3[C@@H]4SCC(=O)C(=O)OCC(c5c6c(c(C)c(OC(C)=O)c54)OCO6)N3C(C)(C2)CN1C. The molecule has 4 unspecified atom stereocenters. The van der Waals surface area contributed by atoms with Crippen LogP contribution in [0.15, 0.2) is 6.07 Å². The number of ether oxygens (including phenoxy) is 5. The molecule has 6 atom stereocenters. The van der Waals surface area contributed by atoms with Crippen molar-refractivity contribution in [3.8, 4) is 28.7 Å². The van der Waals surface area contributed by atoms with Crippen LogP contribution < -0.4 is 18.9 Å². The zero-order chi connectivity index (χ0) is 30.5. The van der Waals surface area contributed by atoms with Crippen molar-refractivity contribution in [2.24, 2.45) is 0 Å². The summed E-state index contributed by atoms with van der Waals surface area (Å²) in [5.41, 5.74) is 4.22. The Morgan fingerprint density at radius 2 is 1.86 bits per heavy atom. The van der Waals surface area contributed by atoms with Crippen molar-refractivity contribution < 1.29 is 43.2 Å². The van der Waals surface area contributed by atoms with Gasteiger partial charge in [0.05, 0.1) is 30.2 Å². The van der Waals surface area contributed by atoms with Gasteiger partial charge in [-0.3, -0.25) is 19.4 Å². The second kappa shape index (κ2) is 9.76. The van der Waals surface area contributed by atoms with Gasteiger partial charge in [-0.15, -0.1) is 11.8 Å². The molecule has 0 saturated carbocycles. The number of benzene rings is 2. The summed E-state index contributed by atoms with van der Waals surface area (Å²) in [6.45, 7) is 7.83. The van der Waals surface area contributed by atoms with E-state index in [9.17, 15) is 19.5 Å². The Hall–Kier alpha value is -3.48. The number of ketones is 1. The number of Topliss-reactive ketones (excluding diaryl/α,β-unsaturated/α-hetero) is 1. The van der Waals surface area contributed by atoms with E-state index in [1.807, 2.05) is 20.9 Å². The van der Waals surface area contributed by atoms with Gasteiger partial charge in [-0.2, -0.15) is 0 Å². The van der Waals surface area contributed by atoms with Gasteiger partial charge in [0.1, 0.15) is 12.4 Å². The van der Waals surface area contributed by atoms with Gasteiger partial charge in [-0.25, -0.2) is 4.79 Å². The van der Waals surface area contributed by atoms with Crippen LogP contribution in [0, 0.1) is 13.8 Å². The smallest absolute Gasteiger partial charge is 0.375 e. The van der Waals surface area contributed by atoms with E-state index in [1.54, 1.807) is 7.11 Å². The number of nitrogens with zero attached hydrogens (tertiary/aromatic N) is 2. The molecule has 2 aromatic carbocycles. The highest BCUT2D eigenvalue weighted by molar-refractivity contribution is 8.00. The molecule has 0 spiro atoms. The number of cyclic esters (lactones) is 1. The van der Waals surface area contributed by atoms with E-state index in [0.29, 0.717) is 41.5 Å². The standard InChI is InChI=1S/C31H34N2O9S/c1-13-7-16-8-31(4)11-32(5)22(19(16)24(36)25(13)38-6)23-29-21-20(17(33(23)31)9-39-30(37)18(35)10-43-29)28-27(40-12-41-28)14(2)26(21)42-15(3)34/h7,17,22-23,29,36H,8-12H2,1-6H3/t17?,22?,23-,29-,31?/m1/s1. The molecule has 2 saturated heterocycles. The van der Waals surface area contributed by atoms with E-state index in [-0.39, 0.29) is 37.0 Å². The van der Waals surface area contributed by atoms with E-state index >= 15 is 0 Å². The number of aromatic hydroxyl groups is 1. The lowest BCUT2D eigenvalue weighted by Gasteiger charge is -2.61. The number of thioether (sulfide) groups is 1. The van der Waals surface area contributed by atoms with Crippen molar-refractivity contribution in [1.29, 1.82) is 0 Å². The number of hydrogen-bond acceptors (Lipinski definition) is 12. The molecule has 228 valence electrons. The molecular formula is C31H34N2O9S. The van der Waals surface area contributed by atoms with Crippen LogP contribution >= 0.6 is 11.8 Å². The van der Waals surface area contributed by atoms with Gasteiger partial charge in [-0.1, -0.05) is 6.07 Å². The van der Waals surface area contributed by atoms with Crippen LogP contribution in [0.2, 0.25) is 0 Å². The maximum atomic E-state index is 12.9. The molecule has 0 radical (unpaired) electrons. The molecule has 6 heterocycles. The normalized spacial score (nSPS) is 30.6. The lowest BCUT2D eigenvalue weighted by atomic mass is 9.76. The fraction of sp³-hybridized carbons (Fsp3) is 0.516. The first-order valence-electron chi connectivity index (χ1n) is 14.3. The van der Waals surface area contributed by atoms with Crippen LogP contribution in [0.5, 0.6) is 28.7 Å². The Labute approximate surface area is 253 Å². The van der Waals surface area contributed by atoms with Crippen molar-refractivity contribution in [2.45, 2.75) is 63.0 Å². The summed E-state index contributed by atoms with van der Waals surface area (Å²) in [5, 5.41) is 11.3. The average molecular weight is 611 g/mol. The minimum atomic E-state index is -0.872. The zero-order valence-corrected chi connectivity index (χ0v) is 25.8. The van der Waals surface area contributed by atoms with E-state index in [2.05, 4.69) is 22.8 Å². The Morgan fingerprint density at radius 3 is 2.58 bits per heavy atom. The number of hydrogen-bond donors (Lipinski definition) is 1. The molecule has 6 aliphatic heterocycles.